The van der Waals surface area contributed by atoms with Gasteiger partial charge >= 0.3 is 0 Å². The third-order valence-electron chi connectivity index (χ3n) is 4.79. The predicted molar refractivity (Wildman–Crippen MR) is 111 cm³/mol. The van der Waals surface area contributed by atoms with E-state index in [9.17, 15) is 9.18 Å². The summed E-state index contributed by atoms with van der Waals surface area (Å²) in [6.07, 6.45) is 0. The molecule has 1 N–H and O–H groups in total. The lowest BCUT2D eigenvalue weighted by molar-refractivity contribution is 0.102. The van der Waals surface area contributed by atoms with Crippen LogP contribution in [0.15, 0.2) is 89.3 Å². The molecule has 4 aromatic carbocycles. The number of rotatable bonds is 3. The fraction of sp³-hybridized carbons (Fsp3) is 0. The zero-order chi connectivity index (χ0) is 19.8. The molecule has 0 spiro atoms. The van der Waals surface area contributed by atoms with Crippen LogP contribution in [-0.2, 0) is 0 Å². The number of hydrogen-bond acceptors (Lipinski definition) is 3. The number of nitrogens with zero attached hydrogens (tertiary/aromatic N) is 1. The summed E-state index contributed by atoms with van der Waals surface area (Å²) in [6, 6.07) is 24.9. The Labute approximate surface area is 165 Å². The van der Waals surface area contributed by atoms with E-state index >= 15 is 0 Å². The number of carbonyl (C=O) groups excluding carboxylic acids is 1. The van der Waals surface area contributed by atoms with E-state index in [0.29, 0.717) is 11.6 Å². The number of anilines is 1. The van der Waals surface area contributed by atoms with Crippen LogP contribution in [0.4, 0.5) is 10.1 Å². The number of amides is 1. The number of halogens is 1. The van der Waals surface area contributed by atoms with Gasteiger partial charge < -0.3 is 9.73 Å². The average Bonchev–Trinajstić information content (AvgIpc) is 3.19. The average molecular weight is 382 g/mol. The fourth-order valence-corrected chi connectivity index (χ4v) is 3.32. The van der Waals surface area contributed by atoms with Gasteiger partial charge in [-0.05, 0) is 47.9 Å². The minimum absolute atomic E-state index is 0.00223. The summed E-state index contributed by atoms with van der Waals surface area (Å²) in [7, 11) is 0. The zero-order valence-corrected chi connectivity index (χ0v) is 15.2. The normalized spacial score (nSPS) is 11.1. The van der Waals surface area contributed by atoms with E-state index in [1.165, 1.54) is 12.1 Å². The van der Waals surface area contributed by atoms with E-state index in [1.807, 2.05) is 48.5 Å². The number of fused-ring (bicyclic) bond motifs is 3. The Morgan fingerprint density at radius 2 is 1.62 bits per heavy atom. The topological polar surface area (TPSA) is 55.1 Å². The first-order valence-electron chi connectivity index (χ1n) is 9.14. The van der Waals surface area contributed by atoms with Crippen molar-refractivity contribution in [1.29, 1.82) is 0 Å². The van der Waals surface area contributed by atoms with Crippen LogP contribution in [0.3, 0.4) is 0 Å². The fourth-order valence-electron chi connectivity index (χ4n) is 3.32. The van der Waals surface area contributed by atoms with Gasteiger partial charge in [-0.3, -0.25) is 4.79 Å². The Morgan fingerprint density at radius 1 is 0.862 bits per heavy atom. The molecule has 0 unspecified atom stereocenters. The highest BCUT2D eigenvalue weighted by Gasteiger charge is 2.13. The standard InChI is InChI=1S/C24H15FN2O2/c25-20-8-4-3-7-19(20)23(28)26-17-12-9-16(10-13-17)24-27-22-18-6-2-1-5-15(18)11-14-21(22)29-24/h1-14H,(H,26,28). The van der Waals surface area contributed by atoms with E-state index in [1.54, 1.807) is 24.3 Å². The van der Waals surface area contributed by atoms with Crippen molar-refractivity contribution < 1.29 is 13.6 Å². The summed E-state index contributed by atoms with van der Waals surface area (Å²) in [5, 5.41) is 4.84. The van der Waals surface area contributed by atoms with Crippen molar-refractivity contribution in [3.63, 3.8) is 0 Å². The molecular weight excluding hydrogens is 367 g/mol. The number of carbonyl (C=O) groups is 1. The van der Waals surface area contributed by atoms with E-state index in [2.05, 4.69) is 10.3 Å². The largest absolute Gasteiger partial charge is 0.436 e. The number of hydrogen-bond donors (Lipinski definition) is 1. The Bertz CT molecular complexity index is 1360. The van der Waals surface area contributed by atoms with Gasteiger partial charge in [-0.15, -0.1) is 0 Å². The molecule has 0 saturated heterocycles. The monoisotopic (exact) mass is 382 g/mol. The molecule has 0 bridgehead atoms. The van der Waals surface area contributed by atoms with Gasteiger partial charge in [0.25, 0.3) is 5.91 Å². The van der Waals surface area contributed by atoms with Gasteiger partial charge in [0.15, 0.2) is 5.58 Å². The lowest BCUT2D eigenvalue weighted by Crippen LogP contribution is -2.13. The highest BCUT2D eigenvalue weighted by Crippen LogP contribution is 2.30. The SMILES string of the molecule is O=C(Nc1ccc(-c2nc3c(ccc4ccccc43)o2)cc1)c1ccccc1F. The second-order valence-electron chi connectivity index (χ2n) is 6.66. The number of nitrogens with one attached hydrogen (secondary N) is 1. The third kappa shape index (κ3) is 3.12. The highest BCUT2D eigenvalue weighted by atomic mass is 19.1. The molecule has 140 valence electrons. The van der Waals surface area contributed by atoms with E-state index in [0.717, 1.165) is 27.4 Å². The molecule has 5 aromatic rings. The Kier molecular flexibility index (Phi) is 4.06. The van der Waals surface area contributed by atoms with Crippen molar-refractivity contribution in [2.24, 2.45) is 0 Å². The second kappa shape index (κ2) is 6.87. The summed E-state index contributed by atoms with van der Waals surface area (Å²) < 4.78 is 19.7. The molecule has 4 nitrogen and oxygen atoms in total. The van der Waals surface area contributed by atoms with Crippen molar-refractivity contribution in [1.82, 2.24) is 4.98 Å². The number of benzene rings is 4. The molecule has 5 rings (SSSR count). The Balaban J connectivity index is 1.44. The Morgan fingerprint density at radius 3 is 2.45 bits per heavy atom. The molecule has 0 aliphatic carbocycles. The number of oxazole rings is 1. The molecule has 5 heteroatoms. The summed E-state index contributed by atoms with van der Waals surface area (Å²) in [5.41, 5.74) is 2.88. The molecular formula is C24H15FN2O2. The number of aromatic nitrogens is 1. The van der Waals surface area contributed by atoms with E-state index < -0.39 is 11.7 Å². The van der Waals surface area contributed by atoms with Crippen molar-refractivity contribution in [2.75, 3.05) is 5.32 Å². The maximum Gasteiger partial charge on any atom is 0.258 e. The molecule has 0 radical (unpaired) electrons. The lowest BCUT2D eigenvalue weighted by Gasteiger charge is -2.06. The van der Waals surface area contributed by atoms with Gasteiger partial charge in [0.1, 0.15) is 11.3 Å². The first kappa shape index (κ1) is 17.1. The van der Waals surface area contributed by atoms with Gasteiger partial charge in [0.2, 0.25) is 5.89 Å². The van der Waals surface area contributed by atoms with Crippen molar-refractivity contribution in [3.05, 3.63) is 96.3 Å². The Hall–Kier alpha value is -3.99. The first-order chi connectivity index (χ1) is 14.2. The molecule has 1 heterocycles. The molecule has 0 aliphatic heterocycles. The van der Waals surface area contributed by atoms with E-state index in [-0.39, 0.29) is 5.56 Å². The molecule has 0 fully saturated rings. The summed E-state index contributed by atoms with van der Waals surface area (Å²) in [6.45, 7) is 0. The highest BCUT2D eigenvalue weighted by molar-refractivity contribution is 6.05. The predicted octanol–water partition coefficient (Wildman–Crippen LogP) is 6.04. The van der Waals surface area contributed by atoms with Gasteiger partial charge in [0.05, 0.1) is 5.56 Å². The van der Waals surface area contributed by atoms with Crippen molar-refractivity contribution in [3.8, 4) is 11.5 Å². The van der Waals surface area contributed by atoms with Crippen LogP contribution in [0.25, 0.3) is 33.3 Å². The van der Waals surface area contributed by atoms with Gasteiger partial charge in [-0.2, -0.15) is 0 Å². The van der Waals surface area contributed by atoms with Crippen LogP contribution >= 0.6 is 0 Å². The maximum atomic E-state index is 13.8. The lowest BCUT2D eigenvalue weighted by atomic mass is 10.1. The second-order valence-corrected chi connectivity index (χ2v) is 6.66. The molecule has 29 heavy (non-hydrogen) atoms. The summed E-state index contributed by atoms with van der Waals surface area (Å²) in [4.78, 5) is 16.9. The molecule has 0 saturated carbocycles. The van der Waals surface area contributed by atoms with Crippen LogP contribution in [0.1, 0.15) is 10.4 Å². The molecule has 0 aliphatic rings. The van der Waals surface area contributed by atoms with Crippen LogP contribution < -0.4 is 5.32 Å². The van der Waals surface area contributed by atoms with Gasteiger partial charge in [0, 0.05) is 16.6 Å². The minimum atomic E-state index is -0.555. The molecule has 1 aromatic heterocycles. The van der Waals surface area contributed by atoms with Crippen molar-refractivity contribution in [2.45, 2.75) is 0 Å². The quantitative estimate of drug-likeness (QED) is 0.414. The zero-order valence-electron chi connectivity index (χ0n) is 15.2. The third-order valence-corrected chi connectivity index (χ3v) is 4.79. The van der Waals surface area contributed by atoms with Crippen LogP contribution in [0.5, 0.6) is 0 Å². The van der Waals surface area contributed by atoms with E-state index in [4.69, 9.17) is 4.42 Å². The molecule has 1 amide bonds. The smallest absolute Gasteiger partial charge is 0.258 e. The maximum absolute atomic E-state index is 13.8. The summed E-state index contributed by atoms with van der Waals surface area (Å²) in [5.74, 6) is -0.548. The molecule has 0 atom stereocenters. The summed E-state index contributed by atoms with van der Waals surface area (Å²) >= 11 is 0. The van der Waals surface area contributed by atoms with Crippen molar-refractivity contribution >= 4 is 33.5 Å². The van der Waals surface area contributed by atoms with Gasteiger partial charge in [-0.1, -0.05) is 42.5 Å². The van der Waals surface area contributed by atoms with Crippen LogP contribution in [-0.4, -0.2) is 10.9 Å². The van der Waals surface area contributed by atoms with Crippen LogP contribution in [0.2, 0.25) is 0 Å². The van der Waals surface area contributed by atoms with Crippen LogP contribution in [0, 0.1) is 5.82 Å². The first-order valence-corrected chi connectivity index (χ1v) is 9.14. The minimum Gasteiger partial charge on any atom is -0.436 e. The van der Waals surface area contributed by atoms with Gasteiger partial charge in [-0.25, -0.2) is 9.37 Å².